The van der Waals surface area contributed by atoms with Gasteiger partial charge in [0.2, 0.25) is 0 Å². The Morgan fingerprint density at radius 1 is 1.16 bits per heavy atom. The molecule has 2 aromatic carbocycles. The normalized spacial score (nSPS) is 10.4. The zero-order valence-electron chi connectivity index (χ0n) is 17.7. The molecule has 0 saturated carbocycles. The summed E-state index contributed by atoms with van der Waals surface area (Å²) in [6.07, 6.45) is 7.65. The minimum atomic E-state index is -0.366. The summed E-state index contributed by atoms with van der Waals surface area (Å²) in [4.78, 5) is 12.5. The molecule has 2 aromatic rings. The largest absolute Gasteiger partial charge is 0.493 e. The third-order valence-corrected chi connectivity index (χ3v) is 4.70. The second-order valence-corrected chi connectivity index (χ2v) is 7.33. The van der Waals surface area contributed by atoms with Gasteiger partial charge in [0.05, 0.1) is 30.1 Å². The van der Waals surface area contributed by atoms with Crippen LogP contribution in [0, 0.1) is 15.9 Å². The van der Waals surface area contributed by atoms with Crippen LogP contribution in [0.25, 0.3) is 0 Å². The van der Waals surface area contributed by atoms with Crippen LogP contribution in [0.4, 0.5) is 0 Å². The molecule has 0 aliphatic rings. The Hall–Kier alpha value is -2.93. The predicted octanol–water partition coefficient (Wildman–Crippen LogP) is 4.26. The number of ether oxygens (including phenoxy) is 4. The molecule has 8 heteroatoms. The molecule has 0 heterocycles. The summed E-state index contributed by atoms with van der Waals surface area (Å²) in [6.45, 7) is 5.08. The molecule has 0 aromatic heterocycles. The molecule has 0 spiro atoms. The van der Waals surface area contributed by atoms with Crippen molar-refractivity contribution in [2.24, 2.45) is 5.10 Å². The number of nitrogens with one attached hydrogen (secondary N) is 1. The summed E-state index contributed by atoms with van der Waals surface area (Å²) in [5, 5.41) is 4.05. The fourth-order valence-electron chi connectivity index (χ4n) is 2.55. The summed E-state index contributed by atoms with van der Waals surface area (Å²) in [6, 6.07) is 8.63. The van der Waals surface area contributed by atoms with E-state index in [9.17, 15) is 4.79 Å². The number of carbonyl (C=O) groups is 1. The summed E-state index contributed by atoms with van der Waals surface area (Å²) in [5.74, 6) is 4.28. The average Bonchev–Trinajstić information content (AvgIpc) is 2.77. The van der Waals surface area contributed by atoms with Gasteiger partial charge < -0.3 is 18.9 Å². The Morgan fingerprint density at radius 2 is 1.97 bits per heavy atom. The molecule has 0 fully saturated rings. The maximum absolute atomic E-state index is 12.5. The van der Waals surface area contributed by atoms with Crippen LogP contribution >= 0.6 is 22.6 Å². The van der Waals surface area contributed by atoms with Crippen molar-refractivity contribution in [3.63, 3.8) is 0 Å². The molecular weight excluding hydrogens is 511 g/mol. The van der Waals surface area contributed by atoms with Gasteiger partial charge in [0.25, 0.3) is 5.91 Å². The lowest BCUT2D eigenvalue weighted by Gasteiger charge is -2.12. The van der Waals surface area contributed by atoms with Crippen molar-refractivity contribution in [3.8, 4) is 35.3 Å². The van der Waals surface area contributed by atoms with Gasteiger partial charge in [-0.05, 0) is 71.8 Å². The van der Waals surface area contributed by atoms with Gasteiger partial charge in [0, 0.05) is 5.56 Å². The van der Waals surface area contributed by atoms with Gasteiger partial charge in [0.1, 0.15) is 6.61 Å². The smallest absolute Gasteiger partial charge is 0.271 e. The lowest BCUT2D eigenvalue weighted by Crippen LogP contribution is -2.17. The summed E-state index contributed by atoms with van der Waals surface area (Å²) in [5.41, 5.74) is 3.66. The van der Waals surface area contributed by atoms with Crippen molar-refractivity contribution in [2.75, 3.05) is 26.9 Å². The van der Waals surface area contributed by atoms with Crippen LogP contribution in [-0.2, 0) is 0 Å². The van der Waals surface area contributed by atoms with Crippen molar-refractivity contribution in [1.82, 2.24) is 5.43 Å². The quantitative estimate of drug-likeness (QED) is 0.201. The van der Waals surface area contributed by atoms with Crippen LogP contribution in [0.1, 0.15) is 36.2 Å². The molecule has 0 atom stereocenters. The molecule has 164 valence electrons. The van der Waals surface area contributed by atoms with E-state index < -0.39 is 0 Å². The molecule has 0 saturated heterocycles. The lowest BCUT2D eigenvalue weighted by atomic mass is 10.2. The van der Waals surface area contributed by atoms with Gasteiger partial charge in [-0.1, -0.05) is 12.8 Å². The van der Waals surface area contributed by atoms with E-state index in [0.717, 1.165) is 15.6 Å². The maximum Gasteiger partial charge on any atom is 0.271 e. The number of benzene rings is 2. The highest BCUT2D eigenvalue weighted by molar-refractivity contribution is 14.1. The standard InChI is InChI=1S/C23H25IN2O5/c1-5-10-30-19-9-8-17(14-20(19)29-7-3)23(27)26-25-15-16-12-18(24)22(31-11-6-2)21(13-16)28-4/h2,8-9,12-15H,5,7,10-11H2,1,3-4H3,(H,26,27)/b25-15+. The number of nitrogens with zero attached hydrogens (tertiary/aromatic N) is 1. The van der Waals surface area contributed by atoms with Crippen molar-refractivity contribution in [3.05, 3.63) is 45.0 Å². The number of hydrogen-bond donors (Lipinski definition) is 1. The number of halogens is 1. The Labute approximate surface area is 196 Å². The number of hydrogen-bond acceptors (Lipinski definition) is 6. The first-order chi connectivity index (χ1) is 15.0. The first-order valence-electron chi connectivity index (χ1n) is 9.70. The second-order valence-electron chi connectivity index (χ2n) is 6.17. The van der Waals surface area contributed by atoms with Crippen molar-refractivity contribution < 1.29 is 23.7 Å². The van der Waals surface area contributed by atoms with Gasteiger partial charge in [-0.15, -0.1) is 6.42 Å². The van der Waals surface area contributed by atoms with Crippen molar-refractivity contribution >= 4 is 34.7 Å². The summed E-state index contributed by atoms with van der Waals surface area (Å²) in [7, 11) is 1.54. The van der Waals surface area contributed by atoms with Gasteiger partial charge in [-0.2, -0.15) is 5.10 Å². The van der Waals surface area contributed by atoms with E-state index in [1.54, 1.807) is 31.4 Å². The molecule has 0 radical (unpaired) electrons. The third-order valence-electron chi connectivity index (χ3n) is 3.90. The average molecular weight is 536 g/mol. The highest BCUT2D eigenvalue weighted by Gasteiger charge is 2.12. The van der Waals surface area contributed by atoms with E-state index in [1.807, 2.05) is 19.9 Å². The van der Waals surface area contributed by atoms with Crippen LogP contribution in [-0.4, -0.2) is 39.1 Å². The minimum absolute atomic E-state index is 0.141. The number of carbonyl (C=O) groups excluding carboxylic acids is 1. The highest BCUT2D eigenvalue weighted by Crippen LogP contribution is 2.33. The highest BCUT2D eigenvalue weighted by atomic mass is 127. The Bertz CT molecular complexity index is 969. The van der Waals surface area contributed by atoms with Crippen molar-refractivity contribution in [1.29, 1.82) is 0 Å². The maximum atomic E-state index is 12.5. The van der Waals surface area contributed by atoms with E-state index in [0.29, 0.717) is 41.8 Å². The molecule has 2 rings (SSSR count). The molecule has 7 nitrogen and oxygen atoms in total. The minimum Gasteiger partial charge on any atom is -0.493 e. The number of terminal acetylenes is 1. The molecule has 0 aliphatic heterocycles. The van der Waals surface area contributed by atoms with E-state index in [2.05, 4.69) is 39.0 Å². The Morgan fingerprint density at radius 3 is 2.65 bits per heavy atom. The van der Waals surface area contributed by atoms with E-state index in [4.69, 9.17) is 25.4 Å². The molecule has 0 unspecified atom stereocenters. The van der Waals surface area contributed by atoms with Gasteiger partial charge in [0.15, 0.2) is 23.0 Å². The summed E-state index contributed by atoms with van der Waals surface area (Å²) >= 11 is 2.12. The molecule has 31 heavy (non-hydrogen) atoms. The number of hydrazone groups is 1. The van der Waals surface area contributed by atoms with Crippen molar-refractivity contribution in [2.45, 2.75) is 20.3 Å². The van der Waals surface area contributed by atoms with Gasteiger partial charge in [-0.3, -0.25) is 4.79 Å². The Balaban J connectivity index is 2.12. The third kappa shape index (κ3) is 7.07. The number of amides is 1. The lowest BCUT2D eigenvalue weighted by molar-refractivity contribution is 0.0954. The summed E-state index contributed by atoms with van der Waals surface area (Å²) < 4.78 is 22.9. The molecule has 1 N–H and O–H groups in total. The van der Waals surface area contributed by atoms with Gasteiger partial charge >= 0.3 is 0 Å². The zero-order valence-corrected chi connectivity index (χ0v) is 19.9. The Kier molecular flexibility index (Phi) is 9.97. The van der Waals surface area contributed by atoms with Crippen LogP contribution in [0.15, 0.2) is 35.4 Å². The predicted molar refractivity (Wildman–Crippen MR) is 128 cm³/mol. The monoisotopic (exact) mass is 536 g/mol. The zero-order chi connectivity index (χ0) is 22.6. The van der Waals surface area contributed by atoms with E-state index in [-0.39, 0.29) is 12.5 Å². The van der Waals surface area contributed by atoms with Crippen LogP contribution in [0.2, 0.25) is 0 Å². The first kappa shape index (κ1) is 24.3. The fraction of sp³-hybridized carbons (Fsp3) is 0.304. The molecule has 0 aliphatic carbocycles. The molecule has 1 amide bonds. The number of methoxy groups -OCH3 is 1. The van der Waals surface area contributed by atoms with Crippen LogP contribution in [0.5, 0.6) is 23.0 Å². The number of rotatable bonds is 11. The van der Waals surface area contributed by atoms with Gasteiger partial charge in [-0.25, -0.2) is 5.43 Å². The second kappa shape index (κ2) is 12.7. The first-order valence-corrected chi connectivity index (χ1v) is 10.8. The topological polar surface area (TPSA) is 78.4 Å². The molecular formula is C23H25IN2O5. The molecule has 0 bridgehead atoms. The SMILES string of the molecule is C#CCOc1c(I)cc(/C=N/NC(=O)c2ccc(OCCC)c(OCC)c2)cc1OC. The fourth-order valence-corrected chi connectivity index (χ4v) is 3.33. The van der Waals surface area contributed by atoms with Crippen LogP contribution in [0.3, 0.4) is 0 Å². The van der Waals surface area contributed by atoms with E-state index in [1.165, 1.54) is 6.21 Å². The van der Waals surface area contributed by atoms with E-state index >= 15 is 0 Å². The van der Waals surface area contributed by atoms with Crippen LogP contribution < -0.4 is 24.4 Å².